The van der Waals surface area contributed by atoms with Crippen LogP contribution in [-0.4, -0.2) is 37.4 Å². The van der Waals surface area contributed by atoms with Crippen molar-refractivity contribution in [2.45, 2.75) is 52.4 Å². The molecule has 0 aromatic carbocycles. The molecule has 0 rings (SSSR count). The lowest BCUT2D eigenvalue weighted by Gasteiger charge is -2.14. The summed E-state index contributed by atoms with van der Waals surface area (Å²) in [5.41, 5.74) is 0. The highest BCUT2D eigenvalue weighted by atomic mass is 16.5. The van der Waals surface area contributed by atoms with Crippen LogP contribution in [0.15, 0.2) is 0 Å². The number of rotatable bonds is 12. The quantitative estimate of drug-likeness (QED) is 0.416. The van der Waals surface area contributed by atoms with E-state index < -0.39 is 0 Å². The number of esters is 1. The first kappa shape index (κ1) is 17.4. The smallest absolute Gasteiger partial charge is 0.305 e. The largest absolute Gasteiger partial charge is 0.466 e. The van der Waals surface area contributed by atoms with Crippen LogP contribution in [0.1, 0.15) is 52.4 Å². The van der Waals surface area contributed by atoms with Crippen molar-refractivity contribution in [1.29, 1.82) is 0 Å². The molecule has 0 amide bonds. The molecule has 0 aliphatic rings. The Balaban J connectivity index is 3.27. The van der Waals surface area contributed by atoms with Gasteiger partial charge < -0.3 is 15.2 Å². The molecule has 108 valence electrons. The van der Waals surface area contributed by atoms with E-state index in [1.807, 2.05) is 6.92 Å². The van der Waals surface area contributed by atoms with Crippen molar-refractivity contribution in [3.63, 3.8) is 0 Å². The molecule has 1 unspecified atom stereocenters. The van der Waals surface area contributed by atoms with Gasteiger partial charge in [0.15, 0.2) is 0 Å². The first-order valence-electron chi connectivity index (χ1n) is 7.21. The summed E-state index contributed by atoms with van der Waals surface area (Å²) in [6, 6.07) is 0. The van der Waals surface area contributed by atoms with Crippen LogP contribution in [0, 0.1) is 5.92 Å². The molecule has 0 fully saturated rings. The number of hydrogen-bond donors (Lipinski definition) is 2. The maximum absolute atomic E-state index is 11.1. The molecule has 0 bridgehead atoms. The molecule has 0 saturated carbocycles. The summed E-state index contributed by atoms with van der Waals surface area (Å²) in [4.78, 5) is 11.1. The minimum Gasteiger partial charge on any atom is -0.466 e. The zero-order chi connectivity index (χ0) is 13.6. The molecule has 4 nitrogen and oxygen atoms in total. The molecule has 0 aliphatic heterocycles. The molecule has 18 heavy (non-hydrogen) atoms. The van der Waals surface area contributed by atoms with Crippen LogP contribution in [0.2, 0.25) is 0 Å². The molecule has 0 radical (unpaired) electrons. The Morgan fingerprint density at radius 3 is 2.67 bits per heavy atom. The minimum absolute atomic E-state index is 0.0838. The van der Waals surface area contributed by atoms with E-state index in [1.54, 1.807) is 0 Å². The highest BCUT2D eigenvalue weighted by molar-refractivity contribution is 5.69. The third kappa shape index (κ3) is 10.5. The normalized spacial score (nSPS) is 12.4. The third-order valence-corrected chi connectivity index (χ3v) is 3.09. The van der Waals surface area contributed by atoms with E-state index >= 15 is 0 Å². The number of carbonyl (C=O) groups excluding carboxylic acids is 1. The van der Waals surface area contributed by atoms with Gasteiger partial charge in [0.2, 0.25) is 0 Å². The average molecular weight is 259 g/mol. The summed E-state index contributed by atoms with van der Waals surface area (Å²) in [5.74, 6) is 0.494. The second-order valence-corrected chi connectivity index (χ2v) is 4.61. The fraction of sp³-hybridized carbons (Fsp3) is 0.929. The molecule has 4 heteroatoms. The van der Waals surface area contributed by atoms with Gasteiger partial charge in [0, 0.05) is 13.0 Å². The molecule has 0 aromatic heterocycles. The second kappa shape index (κ2) is 12.8. The summed E-state index contributed by atoms with van der Waals surface area (Å²) < 4.78 is 4.86. The Bertz CT molecular complexity index is 197. The van der Waals surface area contributed by atoms with Crippen molar-refractivity contribution < 1.29 is 14.6 Å². The topological polar surface area (TPSA) is 58.6 Å². The average Bonchev–Trinajstić information content (AvgIpc) is 2.36. The predicted molar refractivity (Wildman–Crippen MR) is 73.5 cm³/mol. The Morgan fingerprint density at radius 1 is 1.28 bits per heavy atom. The van der Waals surface area contributed by atoms with Crippen molar-refractivity contribution in [2.24, 2.45) is 5.92 Å². The maximum Gasteiger partial charge on any atom is 0.305 e. The van der Waals surface area contributed by atoms with Crippen LogP contribution in [0.25, 0.3) is 0 Å². The molecule has 1 atom stereocenters. The highest BCUT2D eigenvalue weighted by Crippen LogP contribution is 2.06. The predicted octanol–water partition coefficient (Wildman–Crippen LogP) is 2.11. The lowest BCUT2D eigenvalue weighted by molar-refractivity contribution is -0.143. The van der Waals surface area contributed by atoms with Gasteiger partial charge in [-0.3, -0.25) is 4.79 Å². The van der Waals surface area contributed by atoms with Gasteiger partial charge in [-0.2, -0.15) is 0 Å². The van der Waals surface area contributed by atoms with Gasteiger partial charge in [-0.05, 0) is 45.2 Å². The van der Waals surface area contributed by atoms with Gasteiger partial charge in [0.05, 0.1) is 6.61 Å². The van der Waals surface area contributed by atoms with E-state index in [1.165, 1.54) is 0 Å². The lowest BCUT2D eigenvalue weighted by Crippen LogP contribution is -2.24. The molecule has 2 N–H and O–H groups in total. The lowest BCUT2D eigenvalue weighted by atomic mass is 10.0. The number of aliphatic hydroxyl groups is 1. The zero-order valence-corrected chi connectivity index (χ0v) is 11.9. The van der Waals surface area contributed by atoms with Crippen LogP contribution in [0.4, 0.5) is 0 Å². The number of carbonyl (C=O) groups is 1. The number of nitrogens with one attached hydrogen (secondary N) is 1. The first-order chi connectivity index (χ1) is 8.74. The molecule has 0 aromatic rings. The van der Waals surface area contributed by atoms with Crippen LogP contribution < -0.4 is 5.32 Å². The van der Waals surface area contributed by atoms with E-state index in [2.05, 4.69) is 12.2 Å². The van der Waals surface area contributed by atoms with Crippen LogP contribution in [-0.2, 0) is 9.53 Å². The Hall–Kier alpha value is -0.610. The number of ether oxygens (including phenoxy) is 1. The van der Waals surface area contributed by atoms with Gasteiger partial charge in [0.1, 0.15) is 0 Å². The van der Waals surface area contributed by atoms with Gasteiger partial charge in [-0.1, -0.05) is 19.8 Å². The van der Waals surface area contributed by atoms with Crippen molar-refractivity contribution in [1.82, 2.24) is 5.32 Å². The number of aliphatic hydroxyl groups excluding tert-OH is 1. The second-order valence-electron chi connectivity index (χ2n) is 4.61. The molecule has 0 aliphatic carbocycles. The fourth-order valence-corrected chi connectivity index (χ4v) is 1.87. The fourth-order valence-electron chi connectivity index (χ4n) is 1.87. The molecule has 0 saturated heterocycles. The summed E-state index contributed by atoms with van der Waals surface area (Å²) in [5, 5.41) is 12.3. The van der Waals surface area contributed by atoms with Crippen molar-refractivity contribution in [3.8, 4) is 0 Å². The zero-order valence-electron chi connectivity index (χ0n) is 11.9. The minimum atomic E-state index is -0.0838. The van der Waals surface area contributed by atoms with Crippen molar-refractivity contribution in [3.05, 3.63) is 0 Å². The van der Waals surface area contributed by atoms with Gasteiger partial charge >= 0.3 is 5.97 Å². The SMILES string of the molecule is CCOC(=O)CCCCCNCC(CC)CCO. The van der Waals surface area contributed by atoms with E-state index in [0.717, 1.165) is 45.2 Å². The molecular formula is C14H29NO3. The van der Waals surface area contributed by atoms with Gasteiger partial charge in [0.25, 0.3) is 0 Å². The van der Waals surface area contributed by atoms with Crippen molar-refractivity contribution in [2.75, 3.05) is 26.3 Å². The maximum atomic E-state index is 11.1. The molecule has 0 spiro atoms. The number of unbranched alkanes of at least 4 members (excludes halogenated alkanes) is 2. The van der Waals surface area contributed by atoms with E-state index in [0.29, 0.717) is 18.9 Å². The van der Waals surface area contributed by atoms with E-state index in [4.69, 9.17) is 9.84 Å². The highest BCUT2D eigenvalue weighted by Gasteiger charge is 2.04. The summed E-state index contributed by atoms with van der Waals surface area (Å²) in [6.07, 6.45) is 5.59. The summed E-state index contributed by atoms with van der Waals surface area (Å²) in [7, 11) is 0. The monoisotopic (exact) mass is 259 g/mol. The third-order valence-electron chi connectivity index (χ3n) is 3.09. The van der Waals surface area contributed by atoms with Crippen LogP contribution in [0.3, 0.4) is 0 Å². The Labute approximate surface area is 111 Å². The summed E-state index contributed by atoms with van der Waals surface area (Å²) >= 11 is 0. The van der Waals surface area contributed by atoms with Gasteiger partial charge in [-0.15, -0.1) is 0 Å². The van der Waals surface area contributed by atoms with E-state index in [-0.39, 0.29) is 12.6 Å². The van der Waals surface area contributed by atoms with Crippen molar-refractivity contribution >= 4 is 5.97 Å². The van der Waals surface area contributed by atoms with Crippen LogP contribution in [0.5, 0.6) is 0 Å². The molecule has 0 heterocycles. The number of hydrogen-bond acceptors (Lipinski definition) is 4. The van der Waals surface area contributed by atoms with Crippen LogP contribution >= 0.6 is 0 Å². The Morgan fingerprint density at radius 2 is 2.06 bits per heavy atom. The summed E-state index contributed by atoms with van der Waals surface area (Å²) in [6.45, 7) is 6.71. The van der Waals surface area contributed by atoms with E-state index in [9.17, 15) is 4.79 Å². The standard InChI is InChI=1S/C14H29NO3/c1-3-13(9-11-16)12-15-10-7-5-6-8-14(17)18-4-2/h13,15-16H,3-12H2,1-2H3. The Kier molecular flexibility index (Phi) is 12.4. The molecular weight excluding hydrogens is 230 g/mol. The first-order valence-corrected chi connectivity index (χ1v) is 7.21. The van der Waals surface area contributed by atoms with Gasteiger partial charge in [-0.25, -0.2) is 0 Å².